The Hall–Kier alpha value is -2.08. The first-order chi connectivity index (χ1) is 9.49. The molecule has 2 atom stereocenters. The molecule has 1 aromatic rings. The minimum absolute atomic E-state index is 0.0174. The van der Waals surface area contributed by atoms with Gasteiger partial charge in [0.2, 0.25) is 0 Å². The van der Waals surface area contributed by atoms with Crippen LogP contribution in [0.4, 0.5) is 11.4 Å². The second kappa shape index (κ2) is 5.92. The summed E-state index contributed by atoms with van der Waals surface area (Å²) in [5, 5.41) is 9.00. The van der Waals surface area contributed by atoms with E-state index in [0.29, 0.717) is 17.8 Å². The molecule has 1 aliphatic heterocycles. The molecule has 0 aromatic heterocycles. The van der Waals surface area contributed by atoms with Gasteiger partial charge >= 0.3 is 5.97 Å². The number of carbonyl (C=O) groups is 2. The second-order valence-corrected chi connectivity index (χ2v) is 4.89. The van der Waals surface area contributed by atoms with Gasteiger partial charge < -0.3 is 15.6 Å². The molecule has 0 spiro atoms. The fourth-order valence-electron chi connectivity index (χ4n) is 2.31. The zero-order chi connectivity index (χ0) is 14.7. The van der Waals surface area contributed by atoms with E-state index >= 15 is 0 Å². The number of carbonyl (C=O) groups excluding carboxylic acids is 1. The van der Waals surface area contributed by atoms with E-state index in [1.807, 2.05) is 6.92 Å². The van der Waals surface area contributed by atoms with Crippen LogP contribution in [0.3, 0.4) is 0 Å². The number of amides is 1. The second-order valence-electron chi connectivity index (χ2n) is 4.89. The van der Waals surface area contributed by atoms with E-state index in [2.05, 4.69) is 0 Å². The van der Waals surface area contributed by atoms with Gasteiger partial charge in [-0.25, -0.2) is 0 Å². The first-order valence-electron chi connectivity index (χ1n) is 6.52. The van der Waals surface area contributed by atoms with Crippen LogP contribution in [0.15, 0.2) is 24.3 Å². The van der Waals surface area contributed by atoms with E-state index in [1.165, 1.54) is 4.90 Å². The molecule has 2 rings (SSSR count). The van der Waals surface area contributed by atoms with Crippen LogP contribution in [-0.4, -0.2) is 35.7 Å². The average molecular weight is 278 g/mol. The maximum absolute atomic E-state index is 12.5. The summed E-state index contributed by atoms with van der Waals surface area (Å²) in [5.41, 5.74) is 6.61. The number of nitrogens with two attached hydrogens (primary N) is 1. The van der Waals surface area contributed by atoms with Gasteiger partial charge in [-0.3, -0.25) is 14.5 Å². The zero-order valence-electron chi connectivity index (χ0n) is 11.3. The molecule has 6 nitrogen and oxygen atoms in total. The Morgan fingerprint density at radius 3 is 2.65 bits per heavy atom. The highest BCUT2D eigenvalue weighted by Gasteiger charge is 2.33. The summed E-state index contributed by atoms with van der Waals surface area (Å²) in [6.07, 6.45) is 0.817. The summed E-state index contributed by atoms with van der Waals surface area (Å²) in [7, 11) is 0. The number of anilines is 2. The summed E-state index contributed by atoms with van der Waals surface area (Å²) in [5.74, 6) is -1.44. The lowest BCUT2D eigenvalue weighted by Crippen LogP contribution is -2.42. The zero-order valence-corrected chi connectivity index (χ0v) is 11.3. The summed E-state index contributed by atoms with van der Waals surface area (Å²) in [6.45, 7) is 1.47. The third-order valence-corrected chi connectivity index (χ3v) is 3.29. The minimum Gasteiger partial charge on any atom is -0.480 e. The number of hydrogen-bond acceptors (Lipinski definition) is 4. The first-order valence-corrected chi connectivity index (χ1v) is 6.52. The maximum Gasteiger partial charge on any atom is 0.323 e. The Bertz CT molecular complexity index is 518. The molecular weight excluding hydrogens is 260 g/mol. The molecule has 0 bridgehead atoms. The Morgan fingerprint density at radius 2 is 2.10 bits per heavy atom. The van der Waals surface area contributed by atoms with Crippen LogP contribution >= 0.6 is 0 Å². The molecular formula is C14H18N2O4. The predicted molar refractivity (Wildman–Crippen MR) is 74.4 cm³/mol. The van der Waals surface area contributed by atoms with Gasteiger partial charge in [0.15, 0.2) is 0 Å². The highest BCUT2D eigenvalue weighted by Crippen LogP contribution is 2.27. The third kappa shape index (κ3) is 3.08. The van der Waals surface area contributed by atoms with Crippen LogP contribution in [0.1, 0.15) is 19.8 Å². The minimum atomic E-state index is -1.09. The molecule has 1 saturated heterocycles. The standard InChI is InChI=1S/C14H18N2O4/c1-9-6-7-12(20-9)14(19)16(8-13(17)18)11-5-3-2-4-10(11)15/h2-5,9,12H,6-8,15H2,1H3,(H,17,18). The van der Waals surface area contributed by atoms with Crippen LogP contribution in [0, 0.1) is 0 Å². The fourth-order valence-corrected chi connectivity index (χ4v) is 2.31. The van der Waals surface area contributed by atoms with E-state index in [4.69, 9.17) is 15.6 Å². The number of rotatable bonds is 4. The van der Waals surface area contributed by atoms with Crippen LogP contribution in [-0.2, 0) is 14.3 Å². The van der Waals surface area contributed by atoms with E-state index in [-0.39, 0.29) is 12.0 Å². The molecule has 6 heteroatoms. The van der Waals surface area contributed by atoms with Crippen molar-refractivity contribution in [1.29, 1.82) is 0 Å². The van der Waals surface area contributed by atoms with Gasteiger partial charge in [0, 0.05) is 0 Å². The third-order valence-electron chi connectivity index (χ3n) is 3.29. The first kappa shape index (κ1) is 14.3. The number of nitrogens with zero attached hydrogens (tertiary/aromatic N) is 1. The van der Waals surface area contributed by atoms with Crippen LogP contribution in [0.5, 0.6) is 0 Å². The van der Waals surface area contributed by atoms with E-state index in [1.54, 1.807) is 24.3 Å². The number of para-hydroxylation sites is 2. The lowest BCUT2D eigenvalue weighted by molar-refractivity contribution is -0.138. The monoisotopic (exact) mass is 278 g/mol. The average Bonchev–Trinajstić information content (AvgIpc) is 2.82. The van der Waals surface area contributed by atoms with Crippen molar-refractivity contribution in [2.24, 2.45) is 0 Å². The number of carboxylic acid groups (broad SMARTS) is 1. The Kier molecular flexibility index (Phi) is 4.24. The number of benzene rings is 1. The van der Waals surface area contributed by atoms with Crippen molar-refractivity contribution in [2.75, 3.05) is 17.2 Å². The van der Waals surface area contributed by atoms with Gasteiger partial charge in [-0.15, -0.1) is 0 Å². The Balaban J connectivity index is 2.26. The van der Waals surface area contributed by atoms with Crippen molar-refractivity contribution >= 4 is 23.3 Å². The van der Waals surface area contributed by atoms with Gasteiger partial charge in [0.05, 0.1) is 17.5 Å². The summed E-state index contributed by atoms with van der Waals surface area (Å²) in [4.78, 5) is 24.6. The molecule has 1 heterocycles. The van der Waals surface area contributed by atoms with Gasteiger partial charge in [0.1, 0.15) is 12.6 Å². The largest absolute Gasteiger partial charge is 0.480 e. The molecule has 0 aliphatic carbocycles. The number of ether oxygens (including phenoxy) is 1. The lowest BCUT2D eigenvalue weighted by atomic mass is 10.1. The summed E-state index contributed by atoms with van der Waals surface area (Å²) >= 11 is 0. The molecule has 1 aliphatic rings. The summed E-state index contributed by atoms with van der Waals surface area (Å²) < 4.78 is 5.52. The number of carboxylic acids is 1. The molecule has 1 aromatic carbocycles. The number of hydrogen-bond donors (Lipinski definition) is 2. The molecule has 3 N–H and O–H groups in total. The Labute approximate surface area is 117 Å². The normalized spacial score (nSPS) is 21.6. The molecule has 20 heavy (non-hydrogen) atoms. The molecule has 1 amide bonds. The van der Waals surface area contributed by atoms with Gasteiger partial charge in [-0.1, -0.05) is 12.1 Å². The van der Waals surface area contributed by atoms with Crippen LogP contribution < -0.4 is 10.6 Å². The van der Waals surface area contributed by atoms with Crippen LogP contribution in [0.25, 0.3) is 0 Å². The van der Waals surface area contributed by atoms with Crippen molar-refractivity contribution < 1.29 is 19.4 Å². The molecule has 108 valence electrons. The predicted octanol–water partition coefficient (Wildman–Crippen LogP) is 1.25. The highest BCUT2D eigenvalue weighted by atomic mass is 16.5. The van der Waals surface area contributed by atoms with Crippen molar-refractivity contribution in [3.63, 3.8) is 0 Å². The van der Waals surface area contributed by atoms with Gasteiger partial charge in [0.25, 0.3) is 5.91 Å². The molecule has 1 fully saturated rings. The van der Waals surface area contributed by atoms with E-state index < -0.39 is 18.6 Å². The van der Waals surface area contributed by atoms with Crippen molar-refractivity contribution in [2.45, 2.75) is 32.0 Å². The summed E-state index contributed by atoms with van der Waals surface area (Å²) in [6, 6.07) is 6.71. The van der Waals surface area contributed by atoms with Gasteiger partial charge in [-0.05, 0) is 31.9 Å². The number of nitrogen functional groups attached to an aromatic ring is 1. The number of aliphatic carboxylic acids is 1. The lowest BCUT2D eigenvalue weighted by Gasteiger charge is -2.25. The topological polar surface area (TPSA) is 92.9 Å². The molecule has 0 radical (unpaired) electrons. The molecule has 2 unspecified atom stereocenters. The smallest absolute Gasteiger partial charge is 0.323 e. The Morgan fingerprint density at radius 1 is 1.40 bits per heavy atom. The molecule has 0 saturated carbocycles. The quantitative estimate of drug-likeness (QED) is 0.809. The van der Waals surface area contributed by atoms with Crippen LogP contribution in [0.2, 0.25) is 0 Å². The van der Waals surface area contributed by atoms with Gasteiger partial charge in [-0.2, -0.15) is 0 Å². The van der Waals surface area contributed by atoms with Crippen molar-refractivity contribution in [3.05, 3.63) is 24.3 Å². The van der Waals surface area contributed by atoms with Crippen molar-refractivity contribution in [1.82, 2.24) is 0 Å². The van der Waals surface area contributed by atoms with Crippen molar-refractivity contribution in [3.8, 4) is 0 Å². The van der Waals surface area contributed by atoms with E-state index in [9.17, 15) is 9.59 Å². The maximum atomic E-state index is 12.5. The fraction of sp³-hybridized carbons (Fsp3) is 0.429. The highest BCUT2D eigenvalue weighted by molar-refractivity contribution is 6.02. The van der Waals surface area contributed by atoms with E-state index in [0.717, 1.165) is 6.42 Å². The SMILES string of the molecule is CC1CCC(C(=O)N(CC(=O)O)c2ccccc2N)O1.